The molecule has 1 nitrogen and oxygen atoms in total. The smallest absolute Gasteiger partial charge is 0.0319 e. The minimum Gasteiger partial charge on any atom is -0.417 e. The van der Waals surface area contributed by atoms with Gasteiger partial charge in [-0.3, -0.25) is 0 Å². The maximum absolute atomic E-state index is 4.43. The maximum atomic E-state index is 4.43. The summed E-state index contributed by atoms with van der Waals surface area (Å²) in [5.41, 5.74) is 0. The molecular formula is C3H7OW-. The monoisotopic (exact) mass is 243 g/mol. The van der Waals surface area contributed by atoms with E-state index in [2.05, 4.69) is 11.7 Å². The van der Waals surface area contributed by atoms with E-state index in [1.165, 1.54) is 0 Å². The Bertz CT molecular complexity index is 8.85. The molecule has 0 N–H and O–H groups in total. The molecule has 0 radical (unpaired) electrons. The minimum atomic E-state index is 0. The van der Waals surface area contributed by atoms with Gasteiger partial charge in [0.25, 0.3) is 0 Å². The van der Waals surface area contributed by atoms with Gasteiger partial charge in [-0.1, -0.05) is 6.61 Å². The van der Waals surface area contributed by atoms with Crippen molar-refractivity contribution in [2.75, 3.05) is 13.7 Å². The summed E-state index contributed by atoms with van der Waals surface area (Å²) in [5.74, 6) is 0. The molecule has 0 saturated heterocycles. The zero-order chi connectivity index (χ0) is 3.41. The van der Waals surface area contributed by atoms with Crippen LogP contribution in [0.15, 0.2) is 0 Å². The zero-order valence-electron chi connectivity index (χ0n) is 3.23. The number of hydrogen-bond acceptors (Lipinski definition) is 1. The van der Waals surface area contributed by atoms with Crippen molar-refractivity contribution >= 4 is 0 Å². The van der Waals surface area contributed by atoms with Crippen LogP contribution in [0.4, 0.5) is 0 Å². The normalized spacial score (nSPS) is 6.00. The Morgan fingerprint density at radius 3 is 2.00 bits per heavy atom. The minimum absolute atomic E-state index is 0. The van der Waals surface area contributed by atoms with Crippen molar-refractivity contribution in [3.05, 3.63) is 6.92 Å². The van der Waals surface area contributed by atoms with E-state index in [0.717, 1.165) is 0 Å². The molecule has 2 heteroatoms. The van der Waals surface area contributed by atoms with Crippen molar-refractivity contribution < 1.29 is 25.8 Å². The fraction of sp³-hybridized carbons (Fsp3) is 0.667. The quantitative estimate of drug-likeness (QED) is 0.608. The van der Waals surface area contributed by atoms with E-state index in [-0.39, 0.29) is 21.1 Å². The SMILES string of the molecule is [CH2-]COC.[W]. The number of ether oxygens (including phenoxy) is 1. The molecule has 0 spiro atoms. The second-order valence-electron chi connectivity index (χ2n) is 0.493. The Hall–Kier alpha value is 0.648. The van der Waals surface area contributed by atoms with E-state index in [1.807, 2.05) is 0 Å². The number of hydrogen-bond donors (Lipinski definition) is 0. The van der Waals surface area contributed by atoms with Gasteiger partial charge in [0.15, 0.2) is 0 Å². The van der Waals surface area contributed by atoms with Gasteiger partial charge in [0, 0.05) is 28.2 Å². The second-order valence-corrected chi connectivity index (χ2v) is 0.493. The van der Waals surface area contributed by atoms with Crippen LogP contribution in [0.2, 0.25) is 0 Å². The molecule has 0 aromatic heterocycles. The van der Waals surface area contributed by atoms with Gasteiger partial charge in [0.1, 0.15) is 0 Å². The molecule has 32 valence electrons. The van der Waals surface area contributed by atoms with Crippen LogP contribution >= 0.6 is 0 Å². The van der Waals surface area contributed by atoms with Gasteiger partial charge in [0.05, 0.1) is 0 Å². The Morgan fingerprint density at radius 2 is 2.00 bits per heavy atom. The van der Waals surface area contributed by atoms with Gasteiger partial charge in [-0.2, -0.15) is 0 Å². The van der Waals surface area contributed by atoms with Crippen LogP contribution in [0.3, 0.4) is 0 Å². The molecule has 0 saturated carbocycles. The summed E-state index contributed by atoms with van der Waals surface area (Å²) in [6.07, 6.45) is 0. The van der Waals surface area contributed by atoms with E-state index in [0.29, 0.717) is 6.61 Å². The van der Waals surface area contributed by atoms with Crippen molar-refractivity contribution in [2.24, 2.45) is 0 Å². The molecule has 0 aliphatic rings. The molecule has 0 heterocycles. The molecule has 0 unspecified atom stereocenters. The van der Waals surface area contributed by atoms with Crippen LogP contribution in [0.5, 0.6) is 0 Å². The van der Waals surface area contributed by atoms with Gasteiger partial charge in [0.2, 0.25) is 0 Å². The van der Waals surface area contributed by atoms with Crippen molar-refractivity contribution in [1.82, 2.24) is 0 Å². The summed E-state index contributed by atoms with van der Waals surface area (Å²) in [7, 11) is 1.62. The molecule has 0 amide bonds. The van der Waals surface area contributed by atoms with Gasteiger partial charge >= 0.3 is 0 Å². The molecule has 0 aromatic rings. The summed E-state index contributed by atoms with van der Waals surface area (Å²) in [5, 5.41) is 0. The molecule has 0 rings (SSSR count). The predicted molar refractivity (Wildman–Crippen MR) is 17.2 cm³/mol. The van der Waals surface area contributed by atoms with Gasteiger partial charge < -0.3 is 11.7 Å². The summed E-state index contributed by atoms with van der Waals surface area (Å²) in [6, 6.07) is 0. The van der Waals surface area contributed by atoms with E-state index in [4.69, 9.17) is 0 Å². The first-order chi connectivity index (χ1) is 1.91. The van der Waals surface area contributed by atoms with Crippen LogP contribution in [0.1, 0.15) is 0 Å². The molecule has 0 aromatic carbocycles. The first kappa shape index (κ1) is 9.17. The molecule has 0 fully saturated rings. The molecule has 0 atom stereocenters. The summed E-state index contributed by atoms with van der Waals surface area (Å²) in [6.45, 7) is 3.95. The van der Waals surface area contributed by atoms with Crippen LogP contribution in [-0.4, -0.2) is 13.7 Å². The molecule has 0 aliphatic carbocycles. The average molecular weight is 243 g/mol. The first-order valence-electron chi connectivity index (χ1n) is 1.20. The van der Waals surface area contributed by atoms with E-state index in [9.17, 15) is 0 Å². The Morgan fingerprint density at radius 1 is 1.80 bits per heavy atom. The van der Waals surface area contributed by atoms with Crippen LogP contribution in [0.25, 0.3) is 0 Å². The average Bonchev–Trinajstić information content (AvgIpc) is 1.37. The fourth-order valence-electron chi connectivity index (χ4n) is 0. The van der Waals surface area contributed by atoms with Crippen molar-refractivity contribution in [2.45, 2.75) is 0 Å². The van der Waals surface area contributed by atoms with Crippen molar-refractivity contribution in [3.8, 4) is 0 Å². The van der Waals surface area contributed by atoms with Crippen LogP contribution < -0.4 is 0 Å². The Kier molecular flexibility index (Phi) is 16.2. The van der Waals surface area contributed by atoms with E-state index >= 15 is 0 Å². The van der Waals surface area contributed by atoms with Crippen molar-refractivity contribution in [3.63, 3.8) is 0 Å². The van der Waals surface area contributed by atoms with Crippen LogP contribution in [-0.2, 0) is 25.8 Å². The molecular weight excluding hydrogens is 236 g/mol. The third kappa shape index (κ3) is 12.0. The molecule has 0 bridgehead atoms. The molecule has 0 aliphatic heterocycles. The summed E-state index contributed by atoms with van der Waals surface area (Å²) in [4.78, 5) is 0. The van der Waals surface area contributed by atoms with E-state index < -0.39 is 0 Å². The fourth-order valence-corrected chi connectivity index (χ4v) is 0. The van der Waals surface area contributed by atoms with Gasteiger partial charge in [-0.15, -0.1) is 0 Å². The van der Waals surface area contributed by atoms with Crippen molar-refractivity contribution in [1.29, 1.82) is 0 Å². The first-order valence-corrected chi connectivity index (χ1v) is 1.20. The third-order valence-corrected chi connectivity index (χ3v) is 0.204. The zero-order valence-corrected chi connectivity index (χ0v) is 6.16. The number of rotatable bonds is 1. The Balaban J connectivity index is 0. The van der Waals surface area contributed by atoms with E-state index in [1.54, 1.807) is 7.11 Å². The van der Waals surface area contributed by atoms with Gasteiger partial charge in [-0.25, -0.2) is 0 Å². The van der Waals surface area contributed by atoms with Gasteiger partial charge in [-0.05, 0) is 0 Å². The topological polar surface area (TPSA) is 9.23 Å². The summed E-state index contributed by atoms with van der Waals surface area (Å²) >= 11 is 0. The third-order valence-electron chi connectivity index (χ3n) is 0.204. The maximum Gasteiger partial charge on any atom is 0.0319 e. The van der Waals surface area contributed by atoms with Crippen LogP contribution in [0, 0.1) is 6.92 Å². The largest absolute Gasteiger partial charge is 0.417 e. The summed E-state index contributed by atoms with van der Waals surface area (Å²) < 4.78 is 4.43. The predicted octanol–water partition coefficient (Wildman–Crippen LogP) is 0.464. The number of methoxy groups -OCH3 is 1. The Labute approximate surface area is 47.0 Å². The second kappa shape index (κ2) is 8.82. The molecule has 5 heavy (non-hydrogen) atoms. The standard InChI is InChI=1S/C3H7O.W/c1-3-4-2;/h1,3H2,2H3;/q-1;.